The Morgan fingerprint density at radius 3 is 2.79 bits per heavy atom. The van der Waals surface area contributed by atoms with Gasteiger partial charge in [0.25, 0.3) is 0 Å². The quantitative estimate of drug-likeness (QED) is 0.425. The van der Waals surface area contributed by atoms with Crippen LogP contribution in [0.5, 0.6) is 0 Å². The normalized spacial score (nSPS) is 13.6. The van der Waals surface area contributed by atoms with E-state index in [1.807, 2.05) is 24.3 Å². The molecule has 2 aromatic carbocycles. The van der Waals surface area contributed by atoms with Gasteiger partial charge in [-0.25, -0.2) is 0 Å². The van der Waals surface area contributed by atoms with Gasteiger partial charge in [0, 0.05) is 42.8 Å². The fraction of sp³-hybridized carbons (Fsp3) is 0.458. The lowest BCUT2D eigenvalue weighted by atomic mass is 9.96. The van der Waals surface area contributed by atoms with Crippen LogP contribution in [0.3, 0.4) is 0 Å². The van der Waals surface area contributed by atoms with E-state index in [9.17, 15) is 4.79 Å². The SMILES string of the molecule is CN(CCCCC(=O)c1ccc2c(c1)CCCN2C)CCc1ccccc1Cl. The average molecular weight is 399 g/mol. The van der Waals surface area contributed by atoms with E-state index in [0.29, 0.717) is 6.42 Å². The van der Waals surface area contributed by atoms with Crippen LogP contribution in [-0.2, 0) is 12.8 Å². The Morgan fingerprint density at radius 2 is 1.96 bits per heavy atom. The number of halogens is 1. The van der Waals surface area contributed by atoms with E-state index in [4.69, 9.17) is 11.6 Å². The maximum Gasteiger partial charge on any atom is 0.162 e. The molecule has 3 rings (SSSR count). The molecule has 1 aliphatic heterocycles. The third-order valence-corrected chi connectivity index (χ3v) is 6.04. The molecule has 0 saturated heterocycles. The number of fused-ring (bicyclic) bond motifs is 1. The van der Waals surface area contributed by atoms with Gasteiger partial charge in [0.15, 0.2) is 5.78 Å². The number of benzene rings is 2. The number of unbranched alkanes of at least 4 members (excludes halogenated alkanes) is 1. The molecule has 0 spiro atoms. The molecule has 0 amide bonds. The molecule has 0 bridgehead atoms. The van der Waals surface area contributed by atoms with Gasteiger partial charge in [-0.2, -0.15) is 0 Å². The van der Waals surface area contributed by atoms with Crippen molar-refractivity contribution in [1.82, 2.24) is 4.90 Å². The second-order valence-corrected chi connectivity index (χ2v) is 8.30. The van der Waals surface area contributed by atoms with E-state index in [0.717, 1.165) is 55.9 Å². The summed E-state index contributed by atoms with van der Waals surface area (Å²) >= 11 is 6.22. The first kappa shape index (κ1) is 20.9. The average Bonchev–Trinajstić information content (AvgIpc) is 2.70. The molecule has 3 nitrogen and oxygen atoms in total. The summed E-state index contributed by atoms with van der Waals surface area (Å²) in [6.07, 6.45) is 5.81. The summed E-state index contributed by atoms with van der Waals surface area (Å²) in [7, 11) is 4.26. The largest absolute Gasteiger partial charge is 0.374 e. The van der Waals surface area contributed by atoms with Gasteiger partial charge in [-0.15, -0.1) is 0 Å². The fourth-order valence-corrected chi connectivity index (χ4v) is 4.12. The number of hydrogen-bond donors (Lipinski definition) is 0. The first-order valence-corrected chi connectivity index (χ1v) is 10.7. The minimum Gasteiger partial charge on any atom is -0.374 e. The first-order chi connectivity index (χ1) is 13.5. The van der Waals surface area contributed by atoms with Crippen LogP contribution in [-0.4, -0.2) is 44.4 Å². The van der Waals surface area contributed by atoms with Crippen molar-refractivity contribution in [2.75, 3.05) is 38.6 Å². The highest BCUT2D eigenvalue weighted by atomic mass is 35.5. The summed E-state index contributed by atoms with van der Waals surface area (Å²) in [5, 5.41) is 0.845. The van der Waals surface area contributed by atoms with Gasteiger partial charge in [-0.05, 0) is 81.1 Å². The summed E-state index contributed by atoms with van der Waals surface area (Å²) < 4.78 is 0. The number of nitrogens with zero attached hydrogens (tertiary/aromatic N) is 2. The maximum absolute atomic E-state index is 12.6. The third kappa shape index (κ3) is 5.59. The Bertz CT molecular complexity index is 805. The molecule has 28 heavy (non-hydrogen) atoms. The molecule has 2 aromatic rings. The van der Waals surface area contributed by atoms with Gasteiger partial charge in [0.05, 0.1) is 0 Å². The summed E-state index contributed by atoms with van der Waals surface area (Å²) in [6.45, 7) is 3.09. The number of ketones is 1. The van der Waals surface area contributed by atoms with Gasteiger partial charge in [-0.3, -0.25) is 4.79 Å². The van der Waals surface area contributed by atoms with Gasteiger partial charge in [0.2, 0.25) is 0 Å². The molecule has 1 heterocycles. The summed E-state index contributed by atoms with van der Waals surface area (Å²) in [4.78, 5) is 17.2. The Hall–Kier alpha value is -1.84. The summed E-state index contributed by atoms with van der Waals surface area (Å²) in [5.41, 5.74) is 4.67. The molecule has 0 aliphatic carbocycles. The Kier molecular flexibility index (Phi) is 7.52. The van der Waals surface area contributed by atoms with Gasteiger partial charge < -0.3 is 9.80 Å². The highest BCUT2D eigenvalue weighted by Gasteiger charge is 2.15. The van der Waals surface area contributed by atoms with E-state index in [2.05, 4.69) is 42.1 Å². The number of likely N-dealkylation sites (N-methyl/N-ethyl adjacent to an activating group) is 1. The minimum absolute atomic E-state index is 0.273. The zero-order valence-electron chi connectivity index (χ0n) is 17.1. The first-order valence-electron chi connectivity index (χ1n) is 10.3. The molecule has 0 atom stereocenters. The predicted octanol–water partition coefficient (Wildman–Crippen LogP) is 5.25. The summed E-state index contributed by atoms with van der Waals surface area (Å²) in [6, 6.07) is 14.3. The number of aryl methyl sites for hydroxylation is 1. The van der Waals surface area contributed by atoms with Crippen molar-refractivity contribution in [2.45, 2.75) is 38.5 Å². The number of anilines is 1. The fourth-order valence-electron chi connectivity index (χ4n) is 3.89. The molecule has 0 fully saturated rings. The third-order valence-electron chi connectivity index (χ3n) is 5.67. The van der Waals surface area contributed by atoms with Gasteiger partial charge >= 0.3 is 0 Å². The van der Waals surface area contributed by atoms with E-state index < -0.39 is 0 Å². The monoisotopic (exact) mass is 398 g/mol. The van der Waals surface area contributed by atoms with Gasteiger partial charge in [-0.1, -0.05) is 29.8 Å². The van der Waals surface area contributed by atoms with Crippen LogP contribution >= 0.6 is 11.6 Å². The number of Topliss-reactive ketones (excluding diaryl/α,β-unsaturated/α-hetero) is 1. The standard InChI is InChI=1S/C24H31ClN2O/c1-26(17-14-19-8-3-4-10-22(19)25)15-6-5-11-24(28)21-12-13-23-20(18-21)9-7-16-27(23)2/h3-4,8,10,12-13,18H,5-7,9,11,14-17H2,1-2H3. The van der Waals surface area contributed by atoms with Crippen molar-refractivity contribution in [3.8, 4) is 0 Å². The van der Waals surface area contributed by atoms with Gasteiger partial charge in [0.1, 0.15) is 0 Å². The Balaban J connectivity index is 1.39. The van der Waals surface area contributed by atoms with Crippen LogP contribution in [0.15, 0.2) is 42.5 Å². The molecule has 150 valence electrons. The van der Waals surface area contributed by atoms with Crippen LogP contribution in [0.1, 0.15) is 47.2 Å². The number of carbonyl (C=O) groups excluding carboxylic acids is 1. The summed E-state index contributed by atoms with van der Waals surface area (Å²) in [5.74, 6) is 0.273. The molecule has 0 aromatic heterocycles. The molecular weight excluding hydrogens is 368 g/mol. The molecule has 4 heteroatoms. The van der Waals surface area contributed by atoms with Crippen molar-refractivity contribution in [2.24, 2.45) is 0 Å². The van der Waals surface area contributed by atoms with E-state index in [1.165, 1.54) is 23.2 Å². The number of rotatable bonds is 9. The molecule has 1 aliphatic rings. The van der Waals surface area contributed by atoms with Crippen LogP contribution in [0.4, 0.5) is 5.69 Å². The Morgan fingerprint density at radius 1 is 1.14 bits per heavy atom. The molecule has 0 radical (unpaired) electrons. The lowest BCUT2D eigenvalue weighted by Crippen LogP contribution is -2.24. The molecular formula is C24H31ClN2O. The second-order valence-electron chi connectivity index (χ2n) is 7.89. The van der Waals surface area contributed by atoms with Crippen molar-refractivity contribution >= 4 is 23.1 Å². The van der Waals surface area contributed by atoms with E-state index in [1.54, 1.807) is 0 Å². The predicted molar refractivity (Wildman–Crippen MR) is 119 cm³/mol. The van der Waals surface area contributed by atoms with Crippen LogP contribution in [0.2, 0.25) is 5.02 Å². The highest BCUT2D eigenvalue weighted by Crippen LogP contribution is 2.27. The molecule has 0 saturated carbocycles. The van der Waals surface area contributed by atoms with Crippen LogP contribution in [0.25, 0.3) is 0 Å². The van der Waals surface area contributed by atoms with Crippen molar-refractivity contribution < 1.29 is 4.79 Å². The zero-order chi connectivity index (χ0) is 19.9. The van der Waals surface area contributed by atoms with E-state index in [-0.39, 0.29) is 5.78 Å². The maximum atomic E-state index is 12.6. The number of hydrogen-bond acceptors (Lipinski definition) is 3. The van der Waals surface area contributed by atoms with Crippen molar-refractivity contribution in [3.63, 3.8) is 0 Å². The molecule has 0 N–H and O–H groups in total. The number of carbonyl (C=O) groups is 1. The second kappa shape index (κ2) is 10.1. The lowest BCUT2D eigenvalue weighted by Gasteiger charge is -2.27. The van der Waals surface area contributed by atoms with Crippen LogP contribution < -0.4 is 4.90 Å². The van der Waals surface area contributed by atoms with Crippen LogP contribution in [0, 0.1) is 0 Å². The zero-order valence-corrected chi connectivity index (χ0v) is 17.8. The molecule has 0 unspecified atom stereocenters. The minimum atomic E-state index is 0.273. The van der Waals surface area contributed by atoms with Crippen molar-refractivity contribution in [3.05, 3.63) is 64.2 Å². The highest BCUT2D eigenvalue weighted by molar-refractivity contribution is 6.31. The lowest BCUT2D eigenvalue weighted by molar-refractivity contribution is 0.0978. The topological polar surface area (TPSA) is 23.6 Å². The van der Waals surface area contributed by atoms with E-state index >= 15 is 0 Å². The smallest absolute Gasteiger partial charge is 0.162 e. The Labute approximate surface area is 174 Å². The van der Waals surface area contributed by atoms with Crippen molar-refractivity contribution in [1.29, 1.82) is 0 Å².